The van der Waals surface area contributed by atoms with E-state index < -0.39 is 0 Å². The van der Waals surface area contributed by atoms with Crippen LogP contribution in [-0.2, 0) is 17.2 Å². The van der Waals surface area contributed by atoms with E-state index in [1.807, 2.05) is 24.0 Å². The molecule has 13 heavy (non-hydrogen) atoms. The lowest BCUT2D eigenvalue weighted by atomic mass is 10.4. The summed E-state index contributed by atoms with van der Waals surface area (Å²) in [6.45, 7) is 4.55. The number of alkyl halides is 1. The first-order chi connectivity index (χ1) is 6.36. The van der Waals surface area contributed by atoms with E-state index in [4.69, 9.17) is 16.3 Å². The van der Waals surface area contributed by atoms with Crippen LogP contribution in [-0.4, -0.2) is 22.8 Å². The third kappa shape index (κ3) is 3.79. The van der Waals surface area contributed by atoms with Crippen LogP contribution in [0.25, 0.3) is 0 Å². The molecule has 1 rings (SSSR count). The summed E-state index contributed by atoms with van der Waals surface area (Å²) in [4.78, 5) is 4.12. The first-order valence-corrected chi connectivity index (χ1v) is 5.04. The van der Waals surface area contributed by atoms with Crippen molar-refractivity contribution in [2.75, 3.05) is 13.2 Å². The quantitative estimate of drug-likeness (QED) is 0.522. The second-order valence-electron chi connectivity index (χ2n) is 2.79. The van der Waals surface area contributed by atoms with Crippen molar-refractivity contribution in [2.45, 2.75) is 25.8 Å². The summed E-state index contributed by atoms with van der Waals surface area (Å²) in [5, 5.41) is 0. The summed E-state index contributed by atoms with van der Waals surface area (Å²) < 4.78 is 7.27. The van der Waals surface area contributed by atoms with E-state index in [1.165, 1.54) is 0 Å². The lowest BCUT2D eigenvalue weighted by Crippen LogP contribution is -2.00. The number of rotatable bonds is 6. The van der Waals surface area contributed by atoms with Gasteiger partial charge in [0.25, 0.3) is 0 Å². The minimum absolute atomic E-state index is 0.485. The summed E-state index contributed by atoms with van der Waals surface area (Å²) in [6, 6.07) is 0. The minimum atomic E-state index is 0.485. The fourth-order valence-corrected chi connectivity index (χ4v) is 1.23. The van der Waals surface area contributed by atoms with E-state index in [-0.39, 0.29) is 0 Å². The van der Waals surface area contributed by atoms with Crippen LogP contribution in [0, 0.1) is 0 Å². The average Bonchev–Trinajstić information content (AvgIpc) is 2.60. The molecule has 1 aromatic rings. The van der Waals surface area contributed by atoms with Crippen LogP contribution in [0.4, 0.5) is 0 Å². The van der Waals surface area contributed by atoms with E-state index in [0.717, 1.165) is 31.9 Å². The van der Waals surface area contributed by atoms with Crippen molar-refractivity contribution < 1.29 is 4.74 Å². The normalized spacial score (nSPS) is 10.6. The molecule has 0 bridgehead atoms. The molecule has 1 aromatic heterocycles. The molecular formula is C9H15ClN2O. The molecular weight excluding hydrogens is 188 g/mol. The second-order valence-corrected chi connectivity index (χ2v) is 3.05. The summed E-state index contributed by atoms with van der Waals surface area (Å²) in [5.74, 6) is 0.485. The molecule has 0 N–H and O–H groups in total. The maximum Gasteiger partial charge on any atom is 0.0949 e. The van der Waals surface area contributed by atoms with Crippen molar-refractivity contribution >= 4 is 11.6 Å². The highest BCUT2D eigenvalue weighted by molar-refractivity contribution is 6.16. The summed E-state index contributed by atoms with van der Waals surface area (Å²) >= 11 is 5.62. The lowest BCUT2D eigenvalue weighted by molar-refractivity contribution is 0.141. The van der Waals surface area contributed by atoms with Gasteiger partial charge in [0.2, 0.25) is 0 Å². The number of imidazole rings is 1. The standard InChI is InChI=1S/C9H15ClN2O/c1-2-13-5-3-4-12-7-9(6-10)11-8-12/h7-8H,2-6H2,1H3. The molecule has 0 radical (unpaired) electrons. The highest BCUT2D eigenvalue weighted by Gasteiger charge is 1.96. The molecule has 0 saturated carbocycles. The van der Waals surface area contributed by atoms with Crippen molar-refractivity contribution in [2.24, 2.45) is 0 Å². The largest absolute Gasteiger partial charge is 0.382 e. The Bertz CT molecular complexity index is 237. The molecule has 0 aliphatic heterocycles. The van der Waals surface area contributed by atoms with Crippen molar-refractivity contribution in [1.29, 1.82) is 0 Å². The number of hydrogen-bond donors (Lipinski definition) is 0. The molecule has 1 heterocycles. The monoisotopic (exact) mass is 202 g/mol. The fourth-order valence-electron chi connectivity index (χ4n) is 1.09. The second kappa shape index (κ2) is 6.00. The number of nitrogens with zero attached hydrogens (tertiary/aromatic N) is 2. The Morgan fingerprint density at radius 1 is 1.62 bits per heavy atom. The Morgan fingerprint density at radius 3 is 3.08 bits per heavy atom. The van der Waals surface area contributed by atoms with Crippen LogP contribution in [0.15, 0.2) is 12.5 Å². The van der Waals surface area contributed by atoms with Gasteiger partial charge in [-0.25, -0.2) is 4.98 Å². The fraction of sp³-hybridized carbons (Fsp3) is 0.667. The molecule has 0 aliphatic carbocycles. The van der Waals surface area contributed by atoms with Gasteiger partial charge in [-0.3, -0.25) is 0 Å². The molecule has 4 heteroatoms. The predicted molar refractivity (Wildman–Crippen MR) is 52.9 cm³/mol. The molecule has 0 aromatic carbocycles. The molecule has 0 amide bonds. The van der Waals surface area contributed by atoms with Gasteiger partial charge in [0.15, 0.2) is 0 Å². The van der Waals surface area contributed by atoms with Gasteiger partial charge in [0, 0.05) is 26.0 Å². The van der Waals surface area contributed by atoms with Crippen LogP contribution in [0.1, 0.15) is 19.0 Å². The van der Waals surface area contributed by atoms with Gasteiger partial charge in [-0.05, 0) is 13.3 Å². The highest BCUT2D eigenvalue weighted by atomic mass is 35.5. The molecule has 3 nitrogen and oxygen atoms in total. The Morgan fingerprint density at radius 2 is 2.46 bits per heavy atom. The Balaban J connectivity index is 2.20. The highest BCUT2D eigenvalue weighted by Crippen LogP contribution is 2.00. The van der Waals surface area contributed by atoms with Gasteiger partial charge in [0.1, 0.15) is 0 Å². The van der Waals surface area contributed by atoms with Crippen molar-refractivity contribution in [3.8, 4) is 0 Å². The molecule has 0 atom stereocenters. The lowest BCUT2D eigenvalue weighted by Gasteiger charge is -2.01. The van der Waals surface area contributed by atoms with Gasteiger partial charge < -0.3 is 9.30 Å². The van der Waals surface area contributed by atoms with Gasteiger partial charge in [0.05, 0.1) is 17.9 Å². The molecule has 0 unspecified atom stereocenters. The van der Waals surface area contributed by atoms with Gasteiger partial charge >= 0.3 is 0 Å². The first kappa shape index (κ1) is 10.5. The van der Waals surface area contributed by atoms with E-state index in [9.17, 15) is 0 Å². The predicted octanol–water partition coefficient (Wildman–Crippen LogP) is 2.05. The molecule has 0 spiro atoms. The Hall–Kier alpha value is -0.540. The third-order valence-electron chi connectivity index (χ3n) is 1.73. The smallest absolute Gasteiger partial charge is 0.0949 e. The summed E-state index contributed by atoms with van der Waals surface area (Å²) in [5.41, 5.74) is 0.929. The molecule has 0 fully saturated rings. The summed E-state index contributed by atoms with van der Waals surface area (Å²) in [7, 11) is 0. The number of aromatic nitrogens is 2. The molecule has 0 aliphatic rings. The summed E-state index contributed by atoms with van der Waals surface area (Å²) in [6.07, 6.45) is 4.80. The van der Waals surface area contributed by atoms with Crippen molar-refractivity contribution in [3.05, 3.63) is 18.2 Å². The number of halogens is 1. The van der Waals surface area contributed by atoms with Crippen LogP contribution < -0.4 is 0 Å². The van der Waals surface area contributed by atoms with Gasteiger partial charge in [-0.1, -0.05) is 0 Å². The zero-order chi connectivity index (χ0) is 9.52. The number of ether oxygens (including phenoxy) is 1. The number of aryl methyl sites for hydroxylation is 1. The third-order valence-corrected chi connectivity index (χ3v) is 2.01. The van der Waals surface area contributed by atoms with E-state index >= 15 is 0 Å². The first-order valence-electron chi connectivity index (χ1n) is 4.51. The molecule has 74 valence electrons. The van der Waals surface area contributed by atoms with Crippen LogP contribution in [0.5, 0.6) is 0 Å². The maximum atomic E-state index is 5.62. The van der Waals surface area contributed by atoms with E-state index in [2.05, 4.69) is 4.98 Å². The van der Waals surface area contributed by atoms with E-state index in [1.54, 1.807) is 0 Å². The van der Waals surface area contributed by atoms with Gasteiger partial charge in [-0.15, -0.1) is 11.6 Å². The topological polar surface area (TPSA) is 27.1 Å². The molecule has 0 saturated heterocycles. The van der Waals surface area contributed by atoms with Crippen LogP contribution >= 0.6 is 11.6 Å². The zero-order valence-electron chi connectivity index (χ0n) is 7.87. The van der Waals surface area contributed by atoms with E-state index in [0.29, 0.717) is 5.88 Å². The van der Waals surface area contributed by atoms with Crippen molar-refractivity contribution in [1.82, 2.24) is 9.55 Å². The minimum Gasteiger partial charge on any atom is -0.382 e. The Kier molecular flexibility index (Phi) is 4.86. The SMILES string of the molecule is CCOCCCn1cnc(CCl)c1. The van der Waals surface area contributed by atoms with Crippen molar-refractivity contribution in [3.63, 3.8) is 0 Å². The Labute approximate surface area is 83.7 Å². The zero-order valence-corrected chi connectivity index (χ0v) is 8.63. The van der Waals surface area contributed by atoms with Crippen LogP contribution in [0.2, 0.25) is 0 Å². The van der Waals surface area contributed by atoms with Gasteiger partial charge in [-0.2, -0.15) is 0 Å². The van der Waals surface area contributed by atoms with Crippen LogP contribution in [0.3, 0.4) is 0 Å². The maximum absolute atomic E-state index is 5.62. The number of hydrogen-bond acceptors (Lipinski definition) is 2. The average molecular weight is 203 g/mol.